The molecule has 2 aromatic carbocycles. The first-order chi connectivity index (χ1) is 13.7. The summed E-state index contributed by atoms with van der Waals surface area (Å²) in [5, 5.41) is 4.73. The molecule has 1 aliphatic carbocycles. The van der Waals surface area contributed by atoms with E-state index in [1.807, 2.05) is 6.33 Å². The molecule has 4 nitrogen and oxygen atoms in total. The Morgan fingerprint density at radius 3 is 2.71 bits per heavy atom. The molecule has 1 saturated carbocycles. The maximum absolute atomic E-state index is 4.80. The van der Waals surface area contributed by atoms with Crippen LogP contribution in [0.4, 0.5) is 5.13 Å². The summed E-state index contributed by atoms with van der Waals surface area (Å²) < 4.78 is 3.50. The highest BCUT2D eigenvalue weighted by atomic mass is 32.1. The fourth-order valence-corrected chi connectivity index (χ4v) is 5.19. The Labute approximate surface area is 169 Å². The van der Waals surface area contributed by atoms with Crippen molar-refractivity contribution >= 4 is 37.7 Å². The van der Waals surface area contributed by atoms with Crippen LogP contribution in [0.25, 0.3) is 21.3 Å². The number of aryl methyl sites for hydroxylation is 2. The van der Waals surface area contributed by atoms with Gasteiger partial charge >= 0.3 is 0 Å². The number of benzene rings is 2. The van der Waals surface area contributed by atoms with Gasteiger partial charge in [0.1, 0.15) is 0 Å². The summed E-state index contributed by atoms with van der Waals surface area (Å²) in [6.07, 6.45) is 8.55. The van der Waals surface area contributed by atoms with Gasteiger partial charge in [-0.3, -0.25) is 0 Å². The van der Waals surface area contributed by atoms with Crippen LogP contribution in [-0.4, -0.2) is 20.6 Å². The molecular formula is C23H26N4S. The minimum atomic E-state index is 0.595. The number of anilines is 1. The van der Waals surface area contributed by atoms with Crippen LogP contribution in [0.2, 0.25) is 0 Å². The Kier molecular flexibility index (Phi) is 4.55. The summed E-state index contributed by atoms with van der Waals surface area (Å²) in [4.78, 5) is 9.40. The van der Waals surface area contributed by atoms with Crippen LogP contribution in [0.5, 0.6) is 0 Å². The SMILES string of the molecule is Cc1cc2ncn(Cc3ccc4nc(NC5CCCCC5)sc4c3)c2cc1C. The van der Waals surface area contributed by atoms with Crippen molar-refractivity contribution < 1.29 is 0 Å². The molecule has 0 amide bonds. The zero-order valence-electron chi connectivity index (χ0n) is 16.5. The van der Waals surface area contributed by atoms with E-state index in [9.17, 15) is 0 Å². The minimum Gasteiger partial charge on any atom is -0.359 e. The topological polar surface area (TPSA) is 42.7 Å². The smallest absolute Gasteiger partial charge is 0.184 e. The van der Waals surface area contributed by atoms with Crippen LogP contribution in [0.3, 0.4) is 0 Å². The molecule has 2 aromatic heterocycles. The number of hydrogen-bond acceptors (Lipinski definition) is 4. The number of thiazole rings is 1. The molecule has 1 N–H and O–H groups in total. The zero-order chi connectivity index (χ0) is 19.1. The van der Waals surface area contributed by atoms with Gasteiger partial charge in [0.15, 0.2) is 5.13 Å². The van der Waals surface area contributed by atoms with Crippen LogP contribution < -0.4 is 5.32 Å². The molecule has 144 valence electrons. The number of fused-ring (bicyclic) bond motifs is 2. The number of hydrogen-bond donors (Lipinski definition) is 1. The molecule has 0 atom stereocenters. The third-order valence-electron chi connectivity index (χ3n) is 5.98. The van der Waals surface area contributed by atoms with E-state index < -0.39 is 0 Å². The lowest BCUT2D eigenvalue weighted by Gasteiger charge is -2.22. The van der Waals surface area contributed by atoms with Gasteiger partial charge in [-0.05, 0) is 67.6 Å². The van der Waals surface area contributed by atoms with E-state index in [0.29, 0.717) is 6.04 Å². The maximum Gasteiger partial charge on any atom is 0.184 e. The second-order valence-electron chi connectivity index (χ2n) is 8.10. The quantitative estimate of drug-likeness (QED) is 0.461. The van der Waals surface area contributed by atoms with E-state index >= 15 is 0 Å². The first-order valence-electron chi connectivity index (χ1n) is 10.2. The van der Waals surface area contributed by atoms with Gasteiger partial charge in [-0.1, -0.05) is 36.7 Å². The Balaban J connectivity index is 1.40. The molecule has 5 heteroatoms. The molecule has 1 aliphatic rings. The second kappa shape index (κ2) is 7.21. The molecular weight excluding hydrogens is 364 g/mol. The van der Waals surface area contributed by atoms with Gasteiger partial charge in [-0.2, -0.15) is 0 Å². The number of nitrogens with zero attached hydrogens (tertiary/aromatic N) is 3. The van der Waals surface area contributed by atoms with Crippen molar-refractivity contribution in [1.29, 1.82) is 0 Å². The fraction of sp³-hybridized carbons (Fsp3) is 0.391. The van der Waals surface area contributed by atoms with Gasteiger partial charge in [0, 0.05) is 12.6 Å². The molecule has 0 bridgehead atoms. The van der Waals surface area contributed by atoms with Crippen molar-refractivity contribution in [3.63, 3.8) is 0 Å². The minimum absolute atomic E-state index is 0.595. The molecule has 28 heavy (non-hydrogen) atoms. The lowest BCUT2D eigenvalue weighted by Crippen LogP contribution is -2.21. The maximum atomic E-state index is 4.80. The molecule has 2 heterocycles. The van der Waals surface area contributed by atoms with E-state index in [0.717, 1.165) is 22.7 Å². The highest BCUT2D eigenvalue weighted by Crippen LogP contribution is 2.30. The van der Waals surface area contributed by atoms with Gasteiger partial charge < -0.3 is 9.88 Å². The summed E-state index contributed by atoms with van der Waals surface area (Å²) >= 11 is 1.78. The Morgan fingerprint density at radius 1 is 1.04 bits per heavy atom. The third kappa shape index (κ3) is 3.39. The van der Waals surface area contributed by atoms with Crippen molar-refractivity contribution in [2.75, 3.05) is 5.32 Å². The van der Waals surface area contributed by atoms with Crippen molar-refractivity contribution in [3.8, 4) is 0 Å². The van der Waals surface area contributed by atoms with E-state index in [-0.39, 0.29) is 0 Å². The molecule has 5 rings (SSSR count). The van der Waals surface area contributed by atoms with Crippen LogP contribution in [0, 0.1) is 13.8 Å². The molecule has 0 spiro atoms. The predicted octanol–water partition coefficient (Wildman–Crippen LogP) is 6.06. The molecule has 0 unspecified atom stereocenters. The summed E-state index contributed by atoms with van der Waals surface area (Å²) in [5.74, 6) is 0. The van der Waals surface area contributed by atoms with Crippen molar-refractivity contribution in [2.24, 2.45) is 0 Å². The highest BCUT2D eigenvalue weighted by Gasteiger charge is 2.15. The van der Waals surface area contributed by atoms with E-state index in [4.69, 9.17) is 4.98 Å². The third-order valence-corrected chi connectivity index (χ3v) is 6.92. The second-order valence-corrected chi connectivity index (χ2v) is 9.13. The van der Waals surface area contributed by atoms with E-state index in [2.05, 4.69) is 59.0 Å². The molecule has 4 aromatic rings. The summed E-state index contributed by atoms with van der Waals surface area (Å²) in [5.41, 5.74) is 7.26. The Morgan fingerprint density at radius 2 is 1.86 bits per heavy atom. The fourth-order valence-electron chi connectivity index (χ4n) is 4.19. The van der Waals surface area contributed by atoms with Crippen molar-refractivity contribution in [1.82, 2.24) is 14.5 Å². The average Bonchev–Trinajstić information content (AvgIpc) is 3.26. The first-order valence-corrected chi connectivity index (χ1v) is 11.1. The Bertz CT molecular complexity index is 1130. The molecule has 0 radical (unpaired) electrons. The normalized spacial score (nSPS) is 15.5. The number of rotatable bonds is 4. The lowest BCUT2D eigenvalue weighted by molar-refractivity contribution is 0.462. The largest absolute Gasteiger partial charge is 0.359 e. The monoisotopic (exact) mass is 390 g/mol. The molecule has 0 aliphatic heterocycles. The summed E-state index contributed by atoms with van der Waals surface area (Å²) in [7, 11) is 0. The van der Waals surface area contributed by atoms with Crippen LogP contribution in [0.1, 0.15) is 48.8 Å². The average molecular weight is 391 g/mol. The number of imidazole rings is 1. The molecule has 0 saturated heterocycles. The highest BCUT2D eigenvalue weighted by molar-refractivity contribution is 7.22. The number of aromatic nitrogens is 3. The molecule has 1 fully saturated rings. The lowest BCUT2D eigenvalue weighted by atomic mass is 9.96. The van der Waals surface area contributed by atoms with Crippen LogP contribution >= 0.6 is 11.3 Å². The van der Waals surface area contributed by atoms with E-state index in [1.54, 1.807) is 11.3 Å². The van der Waals surface area contributed by atoms with Gasteiger partial charge in [-0.15, -0.1) is 0 Å². The van der Waals surface area contributed by atoms with Crippen molar-refractivity contribution in [2.45, 2.75) is 58.5 Å². The van der Waals surface area contributed by atoms with Gasteiger partial charge in [0.2, 0.25) is 0 Å². The van der Waals surface area contributed by atoms with Gasteiger partial charge in [0.05, 0.1) is 27.6 Å². The Hall–Kier alpha value is -2.40. The predicted molar refractivity (Wildman–Crippen MR) is 118 cm³/mol. The van der Waals surface area contributed by atoms with E-state index in [1.165, 1.54) is 59.0 Å². The van der Waals surface area contributed by atoms with Crippen LogP contribution in [-0.2, 0) is 6.54 Å². The van der Waals surface area contributed by atoms with Gasteiger partial charge in [0.25, 0.3) is 0 Å². The van der Waals surface area contributed by atoms with Crippen molar-refractivity contribution in [3.05, 3.63) is 53.3 Å². The van der Waals surface area contributed by atoms with Gasteiger partial charge in [-0.25, -0.2) is 9.97 Å². The standard InChI is InChI=1S/C23H26N4S/c1-15-10-20-21(11-16(15)2)27(14-24-20)13-17-8-9-19-22(12-17)28-23(26-19)25-18-6-4-3-5-7-18/h8-12,14,18H,3-7,13H2,1-2H3,(H,25,26). The number of nitrogens with one attached hydrogen (secondary N) is 1. The van der Waals surface area contributed by atoms with Crippen LogP contribution in [0.15, 0.2) is 36.7 Å². The summed E-state index contributed by atoms with van der Waals surface area (Å²) in [6.45, 7) is 5.14. The zero-order valence-corrected chi connectivity index (χ0v) is 17.4. The first kappa shape index (κ1) is 17.7. The summed E-state index contributed by atoms with van der Waals surface area (Å²) in [6, 6.07) is 11.6.